The van der Waals surface area contributed by atoms with E-state index in [1.807, 2.05) is 0 Å². The van der Waals surface area contributed by atoms with E-state index in [1.54, 1.807) is 19.5 Å². The summed E-state index contributed by atoms with van der Waals surface area (Å²) in [4.78, 5) is 8.25. The molecule has 1 rings (SSSR count). The maximum Gasteiger partial charge on any atom is 0.233 e. The van der Waals surface area contributed by atoms with E-state index in [-0.39, 0.29) is 5.41 Å². The number of hydrogen-bond donors (Lipinski definition) is 1. The van der Waals surface area contributed by atoms with Gasteiger partial charge in [-0.3, -0.25) is 4.98 Å². The van der Waals surface area contributed by atoms with Crippen LogP contribution in [0.15, 0.2) is 12.4 Å². The second-order valence-corrected chi connectivity index (χ2v) is 4.78. The normalized spacial score (nSPS) is 11.2. The quantitative estimate of drug-likeness (QED) is 0.780. The van der Waals surface area contributed by atoms with Gasteiger partial charge in [-0.1, -0.05) is 13.8 Å². The Balaban J connectivity index is 2.53. The highest BCUT2D eigenvalue weighted by molar-refractivity contribution is 6.17. The third-order valence-electron chi connectivity index (χ3n) is 2.34. The molecule has 0 aliphatic carbocycles. The number of anilines is 1. The van der Waals surface area contributed by atoms with Crippen molar-refractivity contribution >= 4 is 17.4 Å². The fourth-order valence-electron chi connectivity index (χ4n) is 1.21. The first-order chi connectivity index (χ1) is 7.57. The van der Waals surface area contributed by atoms with Crippen molar-refractivity contribution in [3.63, 3.8) is 0 Å². The molecule has 0 bridgehead atoms. The highest BCUT2D eigenvalue weighted by Gasteiger charge is 2.16. The number of aromatic nitrogens is 2. The highest BCUT2D eigenvalue weighted by Crippen LogP contribution is 2.21. The van der Waals surface area contributed by atoms with Crippen LogP contribution in [0.5, 0.6) is 5.88 Å². The van der Waals surface area contributed by atoms with Crippen LogP contribution in [0, 0.1) is 5.41 Å². The lowest BCUT2D eigenvalue weighted by Gasteiger charge is -2.23. The Morgan fingerprint density at radius 3 is 2.81 bits per heavy atom. The molecule has 0 aliphatic rings. The van der Waals surface area contributed by atoms with Crippen molar-refractivity contribution in [1.82, 2.24) is 9.97 Å². The molecule has 0 spiro atoms. The molecule has 0 unspecified atom stereocenters. The van der Waals surface area contributed by atoms with Crippen LogP contribution in [0.1, 0.15) is 20.3 Å². The fraction of sp³-hybridized carbons (Fsp3) is 0.636. The number of alkyl halides is 1. The Bertz CT molecular complexity index is 331. The van der Waals surface area contributed by atoms with E-state index in [2.05, 4.69) is 29.1 Å². The van der Waals surface area contributed by atoms with Gasteiger partial charge in [0, 0.05) is 12.4 Å². The molecule has 0 aliphatic heterocycles. The SMILES string of the molecule is COc1cncc(NCC(C)(C)CCCl)n1. The van der Waals surface area contributed by atoms with Crippen molar-refractivity contribution in [2.75, 3.05) is 24.9 Å². The zero-order chi connectivity index (χ0) is 12.0. The first-order valence-corrected chi connectivity index (χ1v) is 5.77. The van der Waals surface area contributed by atoms with E-state index in [9.17, 15) is 0 Å². The molecule has 1 aromatic rings. The molecule has 0 fully saturated rings. The minimum atomic E-state index is 0.145. The summed E-state index contributed by atoms with van der Waals surface area (Å²) in [6.45, 7) is 5.13. The average Bonchev–Trinajstić information content (AvgIpc) is 2.27. The molecular weight excluding hydrogens is 226 g/mol. The van der Waals surface area contributed by atoms with Crippen LogP contribution in [0.4, 0.5) is 5.82 Å². The minimum Gasteiger partial charge on any atom is -0.480 e. The van der Waals surface area contributed by atoms with Crippen molar-refractivity contribution in [2.45, 2.75) is 20.3 Å². The molecule has 5 heteroatoms. The molecule has 1 aromatic heterocycles. The molecule has 0 amide bonds. The maximum atomic E-state index is 5.74. The van der Waals surface area contributed by atoms with Crippen LogP contribution >= 0.6 is 11.6 Å². The van der Waals surface area contributed by atoms with E-state index in [0.717, 1.165) is 18.8 Å². The van der Waals surface area contributed by atoms with Crippen LogP contribution in [0.25, 0.3) is 0 Å². The molecule has 16 heavy (non-hydrogen) atoms. The number of rotatable bonds is 6. The lowest BCUT2D eigenvalue weighted by molar-refractivity contribution is 0.377. The van der Waals surface area contributed by atoms with Crippen LogP contribution in [0.3, 0.4) is 0 Å². The highest BCUT2D eigenvalue weighted by atomic mass is 35.5. The predicted octanol–water partition coefficient (Wildman–Crippen LogP) is 2.55. The van der Waals surface area contributed by atoms with Crippen molar-refractivity contribution in [3.05, 3.63) is 12.4 Å². The monoisotopic (exact) mass is 243 g/mol. The molecule has 1 heterocycles. The van der Waals surface area contributed by atoms with E-state index in [0.29, 0.717) is 11.8 Å². The molecular formula is C11H18ClN3O. The van der Waals surface area contributed by atoms with Crippen molar-refractivity contribution < 1.29 is 4.74 Å². The molecule has 0 radical (unpaired) electrons. The largest absolute Gasteiger partial charge is 0.480 e. The summed E-state index contributed by atoms with van der Waals surface area (Å²) < 4.78 is 5.00. The van der Waals surface area contributed by atoms with E-state index >= 15 is 0 Å². The fourth-order valence-corrected chi connectivity index (χ4v) is 1.72. The van der Waals surface area contributed by atoms with Gasteiger partial charge in [0.1, 0.15) is 5.82 Å². The Labute approximate surface area is 101 Å². The van der Waals surface area contributed by atoms with Crippen LogP contribution in [-0.4, -0.2) is 29.5 Å². The number of halogens is 1. The number of hydrogen-bond acceptors (Lipinski definition) is 4. The third-order valence-corrected chi connectivity index (χ3v) is 2.53. The van der Waals surface area contributed by atoms with Crippen LogP contribution < -0.4 is 10.1 Å². The Morgan fingerprint density at radius 1 is 1.44 bits per heavy atom. The lowest BCUT2D eigenvalue weighted by Crippen LogP contribution is -2.24. The summed E-state index contributed by atoms with van der Waals surface area (Å²) >= 11 is 5.74. The first kappa shape index (κ1) is 13.0. The van der Waals surface area contributed by atoms with Crippen LogP contribution in [-0.2, 0) is 0 Å². The first-order valence-electron chi connectivity index (χ1n) is 5.23. The van der Waals surface area contributed by atoms with Gasteiger partial charge in [-0.25, -0.2) is 0 Å². The second kappa shape index (κ2) is 5.89. The zero-order valence-electron chi connectivity index (χ0n) is 9.96. The van der Waals surface area contributed by atoms with Gasteiger partial charge in [-0.05, 0) is 11.8 Å². The molecule has 1 N–H and O–H groups in total. The predicted molar refractivity (Wildman–Crippen MR) is 66.2 cm³/mol. The Morgan fingerprint density at radius 2 is 2.19 bits per heavy atom. The summed E-state index contributed by atoms with van der Waals surface area (Å²) in [5.41, 5.74) is 0.145. The molecule has 4 nitrogen and oxygen atoms in total. The van der Waals surface area contributed by atoms with Gasteiger partial charge < -0.3 is 10.1 Å². The van der Waals surface area contributed by atoms with Gasteiger partial charge in [-0.15, -0.1) is 11.6 Å². The summed E-state index contributed by atoms with van der Waals surface area (Å²) in [6.07, 6.45) is 4.22. The summed E-state index contributed by atoms with van der Waals surface area (Å²) in [6, 6.07) is 0. The second-order valence-electron chi connectivity index (χ2n) is 4.40. The zero-order valence-corrected chi connectivity index (χ0v) is 10.7. The number of nitrogens with zero attached hydrogens (tertiary/aromatic N) is 2. The summed E-state index contributed by atoms with van der Waals surface area (Å²) in [7, 11) is 1.57. The third kappa shape index (κ3) is 4.23. The topological polar surface area (TPSA) is 47.0 Å². The number of ether oxygens (including phenoxy) is 1. The Kier molecular flexibility index (Phi) is 4.80. The molecule has 0 atom stereocenters. The number of nitrogens with one attached hydrogen (secondary N) is 1. The molecule has 0 saturated carbocycles. The summed E-state index contributed by atoms with van der Waals surface area (Å²) in [5.74, 6) is 1.90. The van der Waals surface area contributed by atoms with Crippen molar-refractivity contribution in [1.29, 1.82) is 0 Å². The summed E-state index contributed by atoms with van der Waals surface area (Å²) in [5, 5.41) is 3.23. The van der Waals surface area contributed by atoms with Crippen LogP contribution in [0.2, 0.25) is 0 Å². The standard InChI is InChI=1S/C11H18ClN3O/c1-11(2,4-5-12)8-14-9-6-13-7-10(15-9)16-3/h6-7H,4-5,8H2,1-3H3,(H,14,15). The van der Waals surface area contributed by atoms with Gasteiger partial charge in [-0.2, -0.15) is 4.98 Å². The molecule has 90 valence electrons. The van der Waals surface area contributed by atoms with Crippen molar-refractivity contribution in [3.8, 4) is 5.88 Å². The maximum absolute atomic E-state index is 5.74. The Hall–Kier alpha value is -1.03. The molecule has 0 aromatic carbocycles. The van der Waals surface area contributed by atoms with Gasteiger partial charge in [0.2, 0.25) is 5.88 Å². The minimum absolute atomic E-state index is 0.145. The van der Waals surface area contributed by atoms with Gasteiger partial charge in [0.25, 0.3) is 0 Å². The lowest BCUT2D eigenvalue weighted by atomic mass is 9.90. The van der Waals surface area contributed by atoms with Gasteiger partial charge in [0.05, 0.1) is 19.5 Å². The van der Waals surface area contributed by atoms with Gasteiger partial charge >= 0.3 is 0 Å². The number of methoxy groups -OCH3 is 1. The van der Waals surface area contributed by atoms with E-state index in [1.165, 1.54) is 0 Å². The van der Waals surface area contributed by atoms with E-state index < -0.39 is 0 Å². The molecule has 0 saturated heterocycles. The smallest absolute Gasteiger partial charge is 0.233 e. The average molecular weight is 244 g/mol. The van der Waals surface area contributed by atoms with Crippen molar-refractivity contribution in [2.24, 2.45) is 5.41 Å². The van der Waals surface area contributed by atoms with E-state index in [4.69, 9.17) is 16.3 Å². The van der Waals surface area contributed by atoms with Gasteiger partial charge in [0.15, 0.2) is 0 Å².